The second kappa shape index (κ2) is 6.31. The third-order valence-corrected chi connectivity index (χ3v) is 3.76. The molecule has 0 bridgehead atoms. The zero-order chi connectivity index (χ0) is 15.5. The average molecular weight is 405 g/mol. The Morgan fingerprint density at radius 1 is 1.18 bits per heavy atom. The largest absolute Gasteiger partial charge is 0.497 e. The standard InChI is InChI=1S/C17H12INO3/c1-21-14-7-2-4-11(8-14)9-15-17(20)22-16(19-15)12-5-3-6-13(18)10-12/h2-10H,1H3/b15-9-. The molecule has 0 saturated carbocycles. The first-order chi connectivity index (χ1) is 10.7. The molecule has 0 spiro atoms. The number of rotatable bonds is 3. The zero-order valence-corrected chi connectivity index (χ0v) is 13.9. The molecule has 0 fully saturated rings. The van der Waals surface area contributed by atoms with Gasteiger partial charge in [0.25, 0.3) is 0 Å². The molecule has 0 amide bonds. The zero-order valence-electron chi connectivity index (χ0n) is 11.7. The lowest BCUT2D eigenvalue weighted by Crippen LogP contribution is -2.05. The lowest BCUT2D eigenvalue weighted by molar-refractivity contribution is -0.129. The van der Waals surface area contributed by atoms with Gasteiger partial charge in [0.15, 0.2) is 5.70 Å². The van der Waals surface area contributed by atoms with Crippen LogP contribution >= 0.6 is 22.6 Å². The van der Waals surface area contributed by atoms with E-state index in [9.17, 15) is 4.79 Å². The van der Waals surface area contributed by atoms with Crippen molar-refractivity contribution in [3.05, 3.63) is 68.9 Å². The summed E-state index contributed by atoms with van der Waals surface area (Å²) in [7, 11) is 1.60. The van der Waals surface area contributed by atoms with E-state index in [4.69, 9.17) is 9.47 Å². The van der Waals surface area contributed by atoms with Crippen molar-refractivity contribution < 1.29 is 14.3 Å². The summed E-state index contributed by atoms with van der Waals surface area (Å²) in [6.45, 7) is 0. The maximum atomic E-state index is 12.0. The number of hydrogen-bond acceptors (Lipinski definition) is 4. The lowest BCUT2D eigenvalue weighted by Gasteiger charge is -2.00. The molecule has 22 heavy (non-hydrogen) atoms. The monoisotopic (exact) mass is 405 g/mol. The third-order valence-electron chi connectivity index (χ3n) is 3.09. The molecule has 0 atom stereocenters. The molecule has 5 heteroatoms. The van der Waals surface area contributed by atoms with E-state index in [-0.39, 0.29) is 5.70 Å². The van der Waals surface area contributed by atoms with Crippen LogP contribution in [0.1, 0.15) is 11.1 Å². The van der Waals surface area contributed by atoms with E-state index in [1.165, 1.54) is 0 Å². The van der Waals surface area contributed by atoms with Crippen LogP contribution in [0.5, 0.6) is 5.75 Å². The number of aliphatic imine (C=N–C) groups is 1. The smallest absolute Gasteiger partial charge is 0.363 e. The molecule has 0 aromatic heterocycles. The number of ether oxygens (including phenoxy) is 2. The maximum Gasteiger partial charge on any atom is 0.363 e. The maximum absolute atomic E-state index is 12.0. The first-order valence-electron chi connectivity index (χ1n) is 6.58. The number of nitrogens with zero attached hydrogens (tertiary/aromatic N) is 1. The minimum Gasteiger partial charge on any atom is -0.497 e. The van der Waals surface area contributed by atoms with Crippen LogP contribution in [0.3, 0.4) is 0 Å². The highest BCUT2D eigenvalue weighted by molar-refractivity contribution is 14.1. The van der Waals surface area contributed by atoms with Crippen LogP contribution in [-0.4, -0.2) is 19.0 Å². The number of esters is 1. The fraction of sp³-hybridized carbons (Fsp3) is 0.0588. The number of methoxy groups -OCH3 is 1. The van der Waals surface area contributed by atoms with Crippen LogP contribution in [0.15, 0.2) is 59.2 Å². The molecule has 110 valence electrons. The van der Waals surface area contributed by atoms with Crippen molar-refractivity contribution >= 4 is 40.5 Å². The summed E-state index contributed by atoms with van der Waals surface area (Å²) in [5.74, 6) is 0.608. The summed E-state index contributed by atoms with van der Waals surface area (Å²) in [6, 6.07) is 15.1. The van der Waals surface area contributed by atoms with Gasteiger partial charge in [0, 0.05) is 9.13 Å². The Hall–Kier alpha value is -2.15. The van der Waals surface area contributed by atoms with Gasteiger partial charge in [0.2, 0.25) is 5.90 Å². The van der Waals surface area contributed by atoms with Crippen molar-refractivity contribution in [1.82, 2.24) is 0 Å². The molecule has 0 radical (unpaired) electrons. The van der Waals surface area contributed by atoms with Gasteiger partial charge in [0.1, 0.15) is 5.75 Å². The molecule has 0 aliphatic carbocycles. The van der Waals surface area contributed by atoms with Gasteiger partial charge in [-0.25, -0.2) is 9.79 Å². The van der Waals surface area contributed by atoms with E-state index in [0.29, 0.717) is 5.90 Å². The fourth-order valence-corrected chi connectivity index (χ4v) is 2.59. The molecule has 0 saturated heterocycles. The first kappa shape index (κ1) is 14.8. The number of carbonyl (C=O) groups is 1. The molecular weight excluding hydrogens is 393 g/mol. The first-order valence-corrected chi connectivity index (χ1v) is 7.66. The topological polar surface area (TPSA) is 47.9 Å². The van der Waals surface area contributed by atoms with Gasteiger partial charge in [0.05, 0.1) is 7.11 Å². The summed E-state index contributed by atoms with van der Waals surface area (Å²) in [4.78, 5) is 16.3. The van der Waals surface area contributed by atoms with Crippen LogP contribution in [0.4, 0.5) is 0 Å². The number of benzene rings is 2. The molecular formula is C17H12INO3. The number of hydrogen-bond donors (Lipinski definition) is 0. The predicted molar refractivity (Wildman–Crippen MR) is 92.8 cm³/mol. The molecule has 1 aliphatic rings. The van der Waals surface area contributed by atoms with Crippen LogP contribution in [0.25, 0.3) is 6.08 Å². The van der Waals surface area contributed by atoms with E-state index in [1.54, 1.807) is 13.2 Å². The van der Waals surface area contributed by atoms with Crippen LogP contribution in [-0.2, 0) is 9.53 Å². The second-order valence-electron chi connectivity index (χ2n) is 4.62. The molecule has 0 unspecified atom stereocenters. The summed E-state index contributed by atoms with van der Waals surface area (Å²) >= 11 is 2.20. The Balaban J connectivity index is 1.94. The quantitative estimate of drug-likeness (QED) is 0.445. The van der Waals surface area contributed by atoms with Crippen molar-refractivity contribution in [3.8, 4) is 5.75 Å². The highest BCUT2D eigenvalue weighted by atomic mass is 127. The van der Waals surface area contributed by atoms with Gasteiger partial charge in [-0.15, -0.1) is 0 Å². The minimum atomic E-state index is -0.448. The van der Waals surface area contributed by atoms with E-state index >= 15 is 0 Å². The fourth-order valence-electron chi connectivity index (χ4n) is 2.04. The Kier molecular flexibility index (Phi) is 4.24. The van der Waals surface area contributed by atoms with Gasteiger partial charge in [-0.05, 0) is 64.6 Å². The van der Waals surface area contributed by atoms with Crippen LogP contribution in [0.2, 0.25) is 0 Å². The van der Waals surface area contributed by atoms with Gasteiger partial charge in [-0.1, -0.05) is 18.2 Å². The molecule has 3 rings (SSSR count). The molecule has 4 nitrogen and oxygen atoms in total. The normalized spacial score (nSPS) is 15.6. The Morgan fingerprint density at radius 2 is 2.00 bits per heavy atom. The second-order valence-corrected chi connectivity index (χ2v) is 5.87. The molecule has 1 heterocycles. The van der Waals surface area contributed by atoms with E-state index in [0.717, 1.165) is 20.4 Å². The summed E-state index contributed by atoms with van der Waals surface area (Å²) in [5, 5.41) is 0. The minimum absolute atomic E-state index is 0.280. The van der Waals surface area contributed by atoms with Crippen LogP contribution in [0, 0.1) is 3.57 Å². The number of halogens is 1. The van der Waals surface area contributed by atoms with Gasteiger partial charge < -0.3 is 9.47 Å². The van der Waals surface area contributed by atoms with Crippen molar-refractivity contribution in [2.45, 2.75) is 0 Å². The molecule has 0 N–H and O–H groups in total. The van der Waals surface area contributed by atoms with E-state index < -0.39 is 5.97 Å². The van der Waals surface area contributed by atoms with Crippen molar-refractivity contribution in [1.29, 1.82) is 0 Å². The summed E-state index contributed by atoms with van der Waals surface area (Å²) in [5.41, 5.74) is 1.90. The number of cyclic esters (lactones) is 1. The third kappa shape index (κ3) is 3.19. The van der Waals surface area contributed by atoms with Gasteiger partial charge >= 0.3 is 5.97 Å². The van der Waals surface area contributed by atoms with Crippen molar-refractivity contribution in [2.24, 2.45) is 4.99 Å². The Morgan fingerprint density at radius 3 is 2.77 bits per heavy atom. The summed E-state index contributed by atoms with van der Waals surface area (Å²) in [6.07, 6.45) is 1.69. The summed E-state index contributed by atoms with van der Waals surface area (Å²) < 4.78 is 11.5. The molecule has 1 aliphatic heterocycles. The van der Waals surface area contributed by atoms with Gasteiger partial charge in [-0.2, -0.15) is 0 Å². The predicted octanol–water partition coefficient (Wildman–Crippen LogP) is 3.64. The van der Waals surface area contributed by atoms with Crippen molar-refractivity contribution in [2.75, 3.05) is 7.11 Å². The molecule has 2 aromatic carbocycles. The van der Waals surface area contributed by atoms with Crippen LogP contribution < -0.4 is 4.74 Å². The average Bonchev–Trinajstić information content (AvgIpc) is 2.89. The van der Waals surface area contributed by atoms with Gasteiger partial charge in [-0.3, -0.25) is 0 Å². The highest BCUT2D eigenvalue weighted by Gasteiger charge is 2.24. The van der Waals surface area contributed by atoms with E-state index in [1.807, 2.05) is 48.5 Å². The van der Waals surface area contributed by atoms with Crippen molar-refractivity contribution in [3.63, 3.8) is 0 Å². The highest BCUT2D eigenvalue weighted by Crippen LogP contribution is 2.21. The Labute approximate surface area is 141 Å². The van der Waals surface area contributed by atoms with E-state index in [2.05, 4.69) is 27.6 Å². The Bertz CT molecular complexity index is 796. The SMILES string of the molecule is COc1cccc(/C=C2\N=C(c3cccc(I)c3)OC2=O)c1. The number of carbonyl (C=O) groups excluding carboxylic acids is 1. The molecule has 2 aromatic rings. The lowest BCUT2D eigenvalue weighted by atomic mass is 10.2.